The first-order valence-corrected chi connectivity index (χ1v) is 13.6. The number of likely N-dealkylation sites (N-methyl/N-ethyl adjacent to an activating group) is 1. The number of urea groups is 1. The number of rotatable bonds is 13. The first-order valence-electron chi connectivity index (χ1n) is 13.6. The van der Waals surface area contributed by atoms with Crippen molar-refractivity contribution < 1.29 is 38.9 Å². The number of nitrogens with one attached hydrogen (secondary N) is 2. The van der Waals surface area contributed by atoms with Gasteiger partial charge < -0.3 is 30.5 Å². The number of aryl methyl sites for hydroxylation is 1. The van der Waals surface area contributed by atoms with Gasteiger partial charge in [0.25, 0.3) is 0 Å². The van der Waals surface area contributed by atoms with Crippen molar-refractivity contribution in [2.75, 3.05) is 36.7 Å². The van der Waals surface area contributed by atoms with Gasteiger partial charge >= 0.3 is 18.0 Å². The number of carbonyl (C=O) groups excluding carboxylic acids is 3. The normalized spacial score (nSPS) is 11.2. The molecule has 4 amide bonds. The quantitative estimate of drug-likeness (QED) is 0.223. The number of aliphatic carboxylic acids is 2. The Labute approximate surface area is 254 Å². The maximum Gasteiger partial charge on any atom is 0.323 e. The molecular formula is C31H35N5O8. The molecule has 1 aromatic heterocycles. The van der Waals surface area contributed by atoms with Crippen molar-refractivity contribution in [1.29, 1.82) is 0 Å². The standard InChI is InChI=1S/C31H35N5O8/c1-19-7-5-6-8-22(19)33-31(43)34-23-11-9-20(15-25(23)44-4)16-28(38)36(3)26-12-10-21(18-32-26)24(17-30(41)42)35(2)27(37)13-14-29(39)40/h5-12,15,18,24H,13-14,16-17H2,1-4H3,(H,39,40)(H,41,42)(H2,33,34,43). The van der Waals surface area contributed by atoms with E-state index in [-0.39, 0.29) is 25.2 Å². The Morgan fingerprint density at radius 3 is 2.20 bits per heavy atom. The van der Waals surface area contributed by atoms with Crippen molar-refractivity contribution in [3.63, 3.8) is 0 Å². The number of carboxylic acid groups (broad SMARTS) is 2. The lowest BCUT2D eigenvalue weighted by Gasteiger charge is -2.27. The van der Waals surface area contributed by atoms with Gasteiger partial charge in [-0.25, -0.2) is 9.78 Å². The van der Waals surface area contributed by atoms with E-state index in [1.165, 1.54) is 36.2 Å². The average molecular weight is 606 g/mol. The lowest BCUT2D eigenvalue weighted by molar-refractivity contribution is -0.143. The summed E-state index contributed by atoms with van der Waals surface area (Å²) in [5, 5.41) is 23.8. The third-order valence-corrected chi connectivity index (χ3v) is 6.92. The van der Waals surface area contributed by atoms with Crippen molar-refractivity contribution in [2.45, 2.75) is 38.6 Å². The molecule has 0 spiro atoms. The van der Waals surface area contributed by atoms with E-state index in [0.29, 0.717) is 34.1 Å². The van der Waals surface area contributed by atoms with Crippen LogP contribution >= 0.6 is 0 Å². The number of hydrogen-bond acceptors (Lipinski definition) is 7. The predicted molar refractivity (Wildman–Crippen MR) is 163 cm³/mol. The molecule has 0 aliphatic heterocycles. The van der Waals surface area contributed by atoms with E-state index < -0.39 is 36.3 Å². The third kappa shape index (κ3) is 9.02. The lowest BCUT2D eigenvalue weighted by Crippen LogP contribution is -2.33. The SMILES string of the molecule is COc1cc(CC(=O)N(C)c2ccc(C(CC(=O)O)N(C)C(=O)CCC(=O)O)cn2)ccc1NC(=O)Nc1ccccc1C. The second-order valence-corrected chi connectivity index (χ2v) is 10.0. The molecule has 0 aliphatic rings. The van der Waals surface area contributed by atoms with Gasteiger partial charge in [0.2, 0.25) is 11.8 Å². The van der Waals surface area contributed by atoms with Gasteiger partial charge in [-0.15, -0.1) is 0 Å². The van der Waals surface area contributed by atoms with Crippen LogP contribution in [0.25, 0.3) is 0 Å². The van der Waals surface area contributed by atoms with Crippen molar-refractivity contribution in [3.8, 4) is 5.75 Å². The zero-order valence-electron chi connectivity index (χ0n) is 24.9. The molecule has 3 rings (SSSR count). The van der Waals surface area contributed by atoms with Crippen LogP contribution in [0.3, 0.4) is 0 Å². The van der Waals surface area contributed by atoms with E-state index in [1.54, 1.807) is 37.4 Å². The molecule has 0 fully saturated rings. The van der Waals surface area contributed by atoms with Gasteiger partial charge in [-0.3, -0.25) is 24.1 Å². The number of ether oxygens (including phenoxy) is 1. The number of aromatic nitrogens is 1. The summed E-state index contributed by atoms with van der Waals surface area (Å²) in [6.45, 7) is 1.88. The van der Waals surface area contributed by atoms with E-state index in [1.807, 2.05) is 25.1 Å². The summed E-state index contributed by atoms with van der Waals surface area (Å²) in [6.07, 6.45) is 0.327. The Bertz CT molecular complexity index is 1530. The van der Waals surface area contributed by atoms with Crippen LogP contribution in [0.15, 0.2) is 60.8 Å². The summed E-state index contributed by atoms with van der Waals surface area (Å²) in [4.78, 5) is 67.2. The lowest BCUT2D eigenvalue weighted by atomic mass is 10.0. The zero-order chi connectivity index (χ0) is 32.4. The molecule has 0 saturated carbocycles. The molecule has 13 nitrogen and oxygen atoms in total. The van der Waals surface area contributed by atoms with Crippen LogP contribution in [0.5, 0.6) is 5.75 Å². The number of para-hydroxylation sites is 1. The van der Waals surface area contributed by atoms with E-state index in [9.17, 15) is 29.1 Å². The van der Waals surface area contributed by atoms with Gasteiger partial charge in [0.1, 0.15) is 11.6 Å². The second-order valence-electron chi connectivity index (χ2n) is 10.0. The first kappa shape index (κ1) is 33.0. The van der Waals surface area contributed by atoms with Crippen molar-refractivity contribution in [3.05, 3.63) is 77.5 Å². The largest absolute Gasteiger partial charge is 0.495 e. The second kappa shape index (κ2) is 15.1. The van der Waals surface area contributed by atoms with Gasteiger partial charge in [0.05, 0.1) is 38.1 Å². The molecule has 232 valence electrons. The molecule has 0 saturated heterocycles. The van der Waals surface area contributed by atoms with Gasteiger partial charge in [0.15, 0.2) is 0 Å². The van der Waals surface area contributed by atoms with Crippen LogP contribution < -0.4 is 20.3 Å². The number of nitrogens with zero attached hydrogens (tertiary/aromatic N) is 3. The van der Waals surface area contributed by atoms with E-state index in [2.05, 4.69) is 15.6 Å². The number of carboxylic acids is 2. The molecule has 44 heavy (non-hydrogen) atoms. The van der Waals surface area contributed by atoms with Crippen molar-refractivity contribution in [1.82, 2.24) is 9.88 Å². The van der Waals surface area contributed by atoms with E-state index >= 15 is 0 Å². The fraction of sp³-hybridized carbons (Fsp3) is 0.290. The van der Waals surface area contributed by atoms with E-state index in [4.69, 9.17) is 9.84 Å². The molecule has 1 unspecified atom stereocenters. The van der Waals surface area contributed by atoms with Crippen LogP contribution in [0.4, 0.5) is 22.0 Å². The van der Waals surface area contributed by atoms with E-state index in [0.717, 1.165) is 5.56 Å². The summed E-state index contributed by atoms with van der Waals surface area (Å²) >= 11 is 0. The molecule has 4 N–H and O–H groups in total. The summed E-state index contributed by atoms with van der Waals surface area (Å²) in [5.74, 6) is -2.43. The number of carbonyl (C=O) groups is 5. The van der Waals surface area contributed by atoms with Gasteiger partial charge in [0, 0.05) is 32.4 Å². The highest BCUT2D eigenvalue weighted by Gasteiger charge is 2.25. The molecule has 3 aromatic rings. The summed E-state index contributed by atoms with van der Waals surface area (Å²) in [7, 11) is 4.41. The smallest absolute Gasteiger partial charge is 0.323 e. The Balaban J connectivity index is 1.68. The molecule has 0 bridgehead atoms. The monoisotopic (exact) mass is 605 g/mol. The molecule has 2 aromatic carbocycles. The van der Waals surface area contributed by atoms with Crippen molar-refractivity contribution >= 4 is 47.0 Å². The molecule has 0 aliphatic carbocycles. The van der Waals surface area contributed by atoms with Gasteiger partial charge in [-0.1, -0.05) is 30.3 Å². The topological polar surface area (TPSA) is 178 Å². The minimum Gasteiger partial charge on any atom is -0.495 e. The maximum absolute atomic E-state index is 13.1. The number of methoxy groups -OCH3 is 1. The summed E-state index contributed by atoms with van der Waals surface area (Å²) in [5.41, 5.74) is 3.05. The summed E-state index contributed by atoms with van der Waals surface area (Å²) in [6, 6.07) is 14.1. The minimum atomic E-state index is -1.15. The first-order chi connectivity index (χ1) is 20.9. The van der Waals surface area contributed by atoms with Crippen molar-refractivity contribution in [2.24, 2.45) is 0 Å². The highest BCUT2D eigenvalue weighted by Crippen LogP contribution is 2.28. The zero-order valence-corrected chi connectivity index (χ0v) is 24.9. The Morgan fingerprint density at radius 2 is 1.59 bits per heavy atom. The number of hydrogen-bond donors (Lipinski definition) is 4. The molecule has 0 radical (unpaired) electrons. The number of pyridine rings is 1. The summed E-state index contributed by atoms with van der Waals surface area (Å²) < 4.78 is 5.43. The molecule has 13 heteroatoms. The van der Waals surface area contributed by atoms with Crippen LogP contribution in [-0.2, 0) is 25.6 Å². The number of anilines is 3. The highest BCUT2D eigenvalue weighted by molar-refractivity contribution is 6.01. The molecule has 1 atom stereocenters. The average Bonchev–Trinajstić information content (AvgIpc) is 2.99. The highest BCUT2D eigenvalue weighted by atomic mass is 16.5. The Kier molecular flexibility index (Phi) is 11.4. The fourth-order valence-corrected chi connectivity index (χ4v) is 4.36. The van der Waals surface area contributed by atoms with Crippen LogP contribution in [-0.4, -0.2) is 71.1 Å². The van der Waals surface area contributed by atoms with Gasteiger partial charge in [-0.05, 0) is 47.9 Å². The van der Waals surface area contributed by atoms with Crippen LogP contribution in [0.1, 0.15) is 42.0 Å². The Morgan fingerprint density at radius 1 is 0.886 bits per heavy atom. The minimum absolute atomic E-state index is 0.00552. The fourth-order valence-electron chi connectivity index (χ4n) is 4.36. The third-order valence-electron chi connectivity index (χ3n) is 6.92. The predicted octanol–water partition coefficient (Wildman–Crippen LogP) is 4.09. The maximum atomic E-state index is 13.1. The molecule has 1 heterocycles. The number of amides is 4. The van der Waals surface area contributed by atoms with Gasteiger partial charge in [-0.2, -0.15) is 0 Å². The van der Waals surface area contributed by atoms with Crippen LogP contribution in [0, 0.1) is 6.92 Å². The van der Waals surface area contributed by atoms with Crippen LogP contribution in [0.2, 0.25) is 0 Å². The molecular weight excluding hydrogens is 570 g/mol. The Hall–Kier alpha value is -5.46. The number of benzene rings is 2.